The maximum Gasteiger partial charge on any atom is 0.297 e. The zero-order valence-electron chi connectivity index (χ0n) is 44.2. The standard InChI is InChI=1S/C63H77BN2O/c1-37(2)38-30-51-54-52(31-38)66(41-20-22-44-46(34-41)61(12,13)27-25-59(44,8)9)55-42-35-47-48(63(16,17)29-28-62(47,14)15)36-53(42)67-56(55)64(54)49-32-39(57(3,4)5)18-23-50(49)65(51)40-19-21-43-45(33-40)60(10,11)26-24-58(43,6)7/h18-23,30-37H,24-29H2,1-17H3. The molecule has 2 aliphatic heterocycles. The molecule has 11 rings (SSSR count). The number of rotatable bonds is 3. The van der Waals surface area contributed by atoms with E-state index in [1.54, 1.807) is 0 Å². The molecule has 0 saturated heterocycles. The monoisotopic (exact) mass is 889 g/mol. The fourth-order valence-corrected chi connectivity index (χ4v) is 13.3. The van der Waals surface area contributed by atoms with Crippen LogP contribution in [0.4, 0.5) is 34.1 Å². The van der Waals surface area contributed by atoms with Crippen molar-refractivity contribution in [2.45, 2.75) is 200 Å². The summed E-state index contributed by atoms with van der Waals surface area (Å²) in [5.74, 6) is 0.317. The Balaban J connectivity index is 1.28. The second kappa shape index (κ2) is 14.0. The minimum Gasteiger partial charge on any atom is -0.468 e. The molecule has 3 aliphatic carbocycles. The summed E-state index contributed by atoms with van der Waals surface area (Å²) in [5, 5.41) is 1.23. The predicted octanol–water partition coefficient (Wildman–Crippen LogP) is 16.0. The highest BCUT2D eigenvalue weighted by molar-refractivity contribution is 7.00. The van der Waals surface area contributed by atoms with Gasteiger partial charge in [0.05, 0.1) is 11.3 Å². The average Bonchev–Trinajstić information content (AvgIpc) is 3.62. The number of benzene rings is 5. The number of anilines is 6. The van der Waals surface area contributed by atoms with Crippen molar-refractivity contribution in [3.8, 4) is 0 Å². The first-order valence-corrected chi connectivity index (χ1v) is 26.0. The van der Waals surface area contributed by atoms with Gasteiger partial charge in [-0.3, -0.25) is 0 Å². The van der Waals surface area contributed by atoms with Crippen LogP contribution in [0.15, 0.2) is 83.3 Å². The van der Waals surface area contributed by atoms with Crippen LogP contribution in [-0.2, 0) is 37.9 Å². The number of fused-ring (bicyclic) bond motifs is 9. The smallest absolute Gasteiger partial charge is 0.297 e. The summed E-state index contributed by atoms with van der Waals surface area (Å²) >= 11 is 0. The maximum absolute atomic E-state index is 7.67. The molecule has 67 heavy (non-hydrogen) atoms. The molecule has 0 spiro atoms. The molecule has 0 amide bonds. The Morgan fingerprint density at radius 2 is 0.940 bits per heavy atom. The average molecular weight is 889 g/mol. The van der Waals surface area contributed by atoms with Crippen molar-refractivity contribution in [3.63, 3.8) is 0 Å². The van der Waals surface area contributed by atoms with Crippen molar-refractivity contribution in [2.24, 2.45) is 0 Å². The Bertz CT molecular complexity index is 3070. The third-order valence-corrected chi connectivity index (χ3v) is 18.4. The van der Waals surface area contributed by atoms with Crippen molar-refractivity contribution in [3.05, 3.63) is 123 Å². The van der Waals surface area contributed by atoms with Crippen molar-refractivity contribution in [1.29, 1.82) is 0 Å². The molecule has 0 N–H and O–H groups in total. The van der Waals surface area contributed by atoms with Crippen molar-refractivity contribution in [2.75, 3.05) is 9.80 Å². The number of hydrogen-bond donors (Lipinski definition) is 0. The Morgan fingerprint density at radius 1 is 0.493 bits per heavy atom. The van der Waals surface area contributed by atoms with E-state index in [1.165, 1.54) is 127 Å². The van der Waals surface area contributed by atoms with Gasteiger partial charge < -0.3 is 14.2 Å². The van der Waals surface area contributed by atoms with Crippen molar-refractivity contribution >= 4 is 68.4 Å². The molecule has 0 bridgehead atoms. The van der Waals surface area contributed by atoms with E-state index in [0.29, 0.717) is 5.92 Å². The third-order valence-electron chi connectivity index (χ3n) is 18.4. The molecule has 6 aromatic rings. The fourth-order valence-electron chi connectivity index (χ4n) is 13.3. The summed E-state index contributed by atoms with van der Waals surface area (Å²) < 4.78 is 7.67. The molecule has 0 saturated carbocycles. The molecular weight excluding hydrogens is 812 g/mol. The number of nitrogens with zero attached hydrogens (tertiary/aromatic N) is 2. The summed E-state index contributed by atoms with van der Waals surface area (Å²) in [5.41, 5.74) is 24.3. The lowest BCUT2D eigenvalue weighted by molar-refractivity contribution is 0.332. The van der Waals surface area contributed by atoms with Gasteiger partial charge in [0.2, 0.25) is 0 Å². The minimum absolute atomic E-state index is 0.0385. The van der Waals surface area contributed by atoms with E-state index in [0.717, 1.165) is 17.7 Å². The highest BCUT2D eigenvalue weighted by atomic mass is 16.3. The first-order valence-electron chi connectivity index (χ1n) is 26.0. The minimum atomic E-state index is -0.0996. The van der Waals surface area contributed by atoms with Crippen LogP contribution in [0, 0.1) is 0 Å². The van der Waals surface area contributed by atoms with E-state index in [4.69, 9.17) is 4.42 Å². The first kappa shape index (κ1) is 44.8. The zero-order valence-corrected chi connectivity index (χ0v) is 44.2. The van der Waals surface area contributed by atoms with Crippen LogP contribution in [0.1, 0.15) is 207 Å². The Hall–Kier alpha value is -4.70. The molecule has 1 aromatic heterocycles. The quantitative estimate of drug-likeness (QED) is 0.165. The van der Waals surface area contributed by atoms with E-state index in [2.05, 4.69) is 206 Å². The van der Waals surface area contributed by atoms with Gasteiger partial charge >= 0.3 is 0 Å². The molecule has 0 fully saturated rings. The molecule has 0 radical (unpaired) electrons. The largest absolute Gasteiger partial charge is 0.468 e. The van der Waals surface area contributed by atoms with Crippen LogP contribution in [-0.4, -0.2) is 6.71 Å². The maximum atomic E-state index is 7.67. The predicted molar refractivity (Wildman–Crippen MR) is 289 cm³/mol. The van der Waals surface area contributed by atoms with Gasteiger partial charge in [0.15, 0.2) is 0 Å². The molecule has 0 atom stereocenters. The summed E-state index contributed by atoms with van der Waals surface area (Å²) in [7, 11) is 0. The van der Waals surface area contributed by atoms with Crippen LogP contribution < -0.4 is 26.4 Å². The van der Waals surface area contributed by atoms with E-state index < -0.39 is 0 Å². The molecule has 3 nitrogen and oxygen atoms in total. The van der Waals surface area contributed by atoms with Gasteiger partial charge in [-0.15, -0.1) is 0 Å². The zero-order chi connectivity index (χ0) is 47.9. The van der Waals surface area contributed by atoms with Crippen LogP contribution in [0.2, 0.25) is 0 Å². The summed E-state index contributed by atoms with van der Waals surface area (Å²) in [6.45, 7) is 41.2. The van der Waals surface area contributed by atoms with Crippen LogP contribution >= 0.6 is 0 Å². The summed E-state index contributed by atoms with van der Waals surface area (Å²) in [6, 6.07) is 32.5. The lowest BCUT2D eigenvalue weighted by Crippen LogP contribution is -2.61. The highest BCUT2D eigenvalue weighted by Gasteiger charge is 2.49. The fraction of sp³-hybridized carbons (Fsp3) is 0.492. The molecule has 5 aliphatic rings. The second-order valence-corrected chi connectivity index (χ2v) is 27.2. The Morgan fingerprint density at radius 3 is 1.43 bits per heavy atom. The van der Waals surface area contributed by atoms with Crippen molar-refractivity contribution < 1.29 is 4.42 Å². The first-order chi connectivity index (χ1) is 31.1. The van der Waals surface area contributed by atoms with Gasteiger partial charge in [0, 0.05) is 33.8 Å². The summed E-state index contributed by atoms with van der Waals surface area (Å²) in [4.78, 5) is 5.32. The Kier molecular flexibility index (Phi) is 9.34. The number of hydrogen-bond acceptors (Lipinski definition) is 3. The van der Waals surface area contributed by atoms with E-state index in [1.807, 2.05) is 0 Å². The SMILES string of the molecule is CC(C)c1cc2c3c(c1)N(c1ccc4c(c1)C(C)(C)CCC4(C)C)c1c(oc4cc5c(cc14)C(C)(C)CCC5(C)C)B3c1cc(C(C)(C)C)ccc1N2c1ccc2c(c1)C(C)(C)CCC2(C)C. The van der Waals surface area contributed by atoms with Gasteiger partial charge in [0.1, 0.15) is 5.58 Å². The van der Waals surface area contributed by atoms with Gasteiger partial charge in [0.25, 0.3) is 6.71 Å². The second-order valence-electron chi connectivity index (χ2n) is 27.2. The Labute approximate surface area is 404 Å². The normalized spacial score (nSPS) is 21.0. The lowest BCUT2D eigenvalue weighted by atomic mass is 9.35. The van der Waals surface area contributed by atoms with Crippen LogP contribution in [0.3, 0.4) is 0 Å². The molecule has 5 aromatic carbocycles. The van der Waals surface area contributed by atoms with Crippen LogP contribution in [0.5, 0.6) is 0 Å². The van der Waals surface area contributed by atoms with Gasteiger partial charge in [-0.25, -0.2) is 0 Å². The molecule has 348 valence electrons. The van der Waals surface area contributed by atoms with E-state index in [-0.39, 0.29) is 44.6 Å². The lowest BCUT2D eigenvalue weighted by Gasteiger charge is -2.46. The topological polar surface area (TPSA) is 19.6 Å². The number of furan rings is 1. The van der Waals surface area contributed by atoms with Gasteiger partial charge in [-0.05, 0) is 192 Å². The van der Waals surface area contributed by atoms with Crippen LogP contribution in [0.25, 0.3) is 11.0 Å². The molecule has 0 unspecified atom stereocenters. The summed E-state index contributed by atoms with van der Waals surface area (Å²) in [6.07, 6.45) is 7.07. The molecular formula is C63H77BN2O. The van der Waals surface area contributed by atoms with Gasteiger partial charge in [-0.1, -0.05) is 142 Å². The molecule has 3 heterocycles. The van der Waals surface area contributed by atoms with Gasteiger partial charge in [-0.2, -0.15) is 0 Å². The third kappa shape index (κ3) is 6.56. The molecule has 4 heteroatoms. The van der Waals surface area contributed by atoms with E-state index >= 15 is 0 Å². The highest BCUT2D eigenvalue weighted by Crippen LogP contribution is 2.55. The van der Waals surface area contributed by atoms with Crippen molar-refractivity contribution in [1.82, 2.24) is 0 Å². The van der Waals surface area contributed by atoms with E-state index in [9.17, 15) is 0 Å².